The Morgan fingerprint density at radius 1 is 0.815 bits per heavy atom. The molecule has 1 aliphatic rings. The second-order valence-corrected chi connectivity index (χ2v) is 10.1. The smallest absolute Gasteiger partial charge is 0.211 e. The molecule has 1 aliphatic heterocycles. The summed E-state index contributed by atoms with van der Waals surface area (Å²) in [6.45, 7) is 1.96. The summed E-state index contributed by atoms with van der Waals surface area (Å²) in [5.74, 6) is 0. The highest BCUT2D eigenvalue weighted by atomic mass is 32.3. The van der Waals surface area contributed by atoms with Crippen LogP contribution in [0.5, 0.6) is 0 Å². The third-order valence-electron chi connectivity index (χ3n) is 4.92. The van der Waals surface area contributed by atoms with E-state index in [1.165, 1.54) is 11.8 Å². The minimum atomic E-state index is -3.41. The molecule has 5 heteroatoms. The number of sulfonamides is 1. The van der Waals surface area contributed by atoms with Crippen molar-refractivity contribution in [1.82, 2.24) is 4.31 Å². The van der Waals surface area contributed by atoms with Gasteiger partial charge in [0.1, 0.15) is 4.58 Å². The molecular weight excluding hydrogens is 374 g/mol. The first-order valence-corrected chi connectivity index (χ1v) is 11.3. The van der Waals surface area contributed by atoms with E-state index < -0.39 is 14.6 Å². The predicted octanol–water partition coefficient (Wildman–Crippen LogP) is 5.25. The first-order valence-electron chi connectivity index (χ1n) is 8.93. The van der Waals surface area contributed by atoms with Gasteiger partial charge in [0.25, 0.3) is 0 Å². The second-order valence-electron chi connectivity index (χ2n) is 6.62. The Balaban J connectivity index is 1.72. The van der Waals surface area contributed by atoms with Gasteiger partial charge in [0.2, 0.25) is 10.0 Å². The fraction of sp³-hybridized carbons (Fsp3) is 0.182. The molecule has 0 spiro atoms. The Kier molecular flexibility index (Phi) is 5.08. The molecule has 3 nitrogen and oxygen atoms in total. The van der Waals surface area contributed by atoms with Crippen LogP contribution in [-0.4, -0.2) is 17.3 Å². The van der Waals surface area contributed by atoms with Crippen molar-refractivity contribution in [3.63, 3.8) is 0 Å². The van der Waals surface area contributed by atoms with Gasteiger partial charge in [0, 0.05) is 10.9 Å². The number of benzene rings is 3. The van der Waals surface area contributed by atoms with Crippen LogP contribution in [0.3, 0.4) is 0 Å². The molecule has 138 valence electrons. The van der Waals surface area contributed by atoms with Gasteiger partial charge in [-0.1, -0.05) is 78.9 Å². The van der Waals surface area contributed by atoms with Crippen LogP contribution in [0.15, 0.2) is 95.9 Å². The summed E-state index contributed by atoms with van der Waals surface area (Å²) in [7, 11) is -3.41. The van der Waals surface area contributed by atoms with Crippen LogP contribution in [-0.2, 0) is 10.0 Å². The summed E-state index contributed by atoms with van der Waals surface area (Å²) in [5.41, 5.74) is 2.04. The Morgan fingerprint density at radius 3 is 1.93 bits per heavy atom. The second kappa shape index (κ2) is 7.50. The molecule has 0 bridgehead atoms. The van der Waals surface area contributed by atoms with Gasteiger partial charge in [-0.3, -0.25) is 0 Å². The van der Waals surface area contributed by atoms with E-state index in [1.54, 1.807) is 4.31 Å². The standard InChI is InChI=1S/C22H21NO2S2/c1-17(18-11-5-2-6-12-18)23-21(19-13-7-3-8-14-19)22(27(23,24)25)26-20-15-9-4-10-16-20/h2-17,21-22H,1H3/t17-,21-,22+/m1/s1. The predicted molar refractivity (Wildman–Crippen MR) is 111 cm³/mol. The minimum absolute atomic E-state index is 0.184. The molecule has 3 atom stereocenters. The molecule has 0 radical (unpaired) electrons. The van der Waals surface area contributed by atoms with Crippen molar-refractivity contribution >= 4 is 21.8 Å². The number of nitrogens with zero attached hydrogens (tertiary/aromatic N) is 1. The summed E-state index contributed by atoms with van der Waals surface area (Å²) in [6, 6.07) is 29.1. The van der Waals surface area contributed by atoms with Gasteiger partial charge in [-0.2, -0.15) is 4.31 Å². The molecule has 0 amide bonds. The molecule has 0 aromatic heterocycles. The van der Waals surface area contributed by atoms with Gasteiger partial charge in [-0.25, -0.2) is 8.42 Å². The first-order chi connectivity index (χ1) is 13.1. The summed E-state index contributed by atoms with van der Waals surface area (Å²) in [5, 5.41) is 0. The van der Waals surface area contributed by atoms with Crippen molar-refractivity contribution in [1.29, 1.82) is 0 Å². The number of hydrogen-bond donors (Lipinski definition) is 0. The molecular formula is C22H21NO2S2. The highest BCUT2D eigenvalue weighted by Crippen LogP contribution is 2.53. The molecule has 1 saturated heterocycles. The van der Waals surface area contributed by atoms with E-state index in [9.17, 15) is 8.42 Å². The quantitative estimate of drug-likeness (QED) is 0.592. The normalized spacial score (nSPS) is 22.7. The topological polar surface area (TPSA) is 37.4 Å². The fourth-order valence-corrected chi connectivity index (χ4v) is 7.53. The summed E-state index contributed by atoms with van der Waals surface area (Å²) < 4.78 is 27.7. The Labute approximate surface area is 165 Å². The van der Waals surface area contributed by atoms with Crippen LogP contribution in [0.4, 0.5) is 0 Å². The SMILES string of the molecule is C[C@H](c1ccccc1)N1[C@H](c2ccccc2)[C@@H](Sc2ccccc2)S1(=O)=O. The zero-order chi connectivity index (χ0) is 18.9. The number of hydrogen-bond acceptors (Lipinski definition) is 3. The highest BCUT2D eigenvalue weighted by molar-refractivity contribution is 8.13. The zero-order valence-electron chi connectivity index (χ0n) is 15.0. The van der Waals surface area contributed by atoms with Crippen LogP contribution in [0, 0.1) is 0 Å². The largest absolute Gasteiger partial charge is 0.229 e. The van der Waals surface area contributed by atoms with E-state index in [1.807, 2.05) is 97.9 Å². The fourth-order valence-electron chi connectivity index (χ4n) is 3.55. The number of rotatable bonds is 5. The van der Waals surface area contributed by atoms with Crippen LogP contribution in [0.2, 0.25) is 0 Å². The van der Waals surface area contributed by atoms with Gasteiger partial charge in [0.15, 0.2) is 0 Å². The lowest BCUT2D eigenvalue weighted by Crippen LogP contribution is -2.57. The molecule has 1 heterocycles. The first kappa shape index (κ1) is 18.3. The van der Waals surface area contributed by atoms with E-state index in [0.717, 1.165) is 16.0 Å². The van der Waals surface area contributed by atoms with E-state index in [0.29, 0.717) is 0 Å². The van der Waals surface area contributed by atoms with Gasteiger partial charge in [0.05, 0.1) is 6.04 Å². The molecule has 4 rings (SSSR count). The van der Waals surface area contributed by atoms with E-state index >= 15 is 0 Å². The summed E-state index contributed by atoms with van der Waals surface area (Å²) in [4.78, 5) is 0.971. The minimum Gasteiger partial charge on any atom is -0.211 e. The van der Waals surface area contributed by atoms with E-state index in [2.05, 4.69) is 0 Å². The Hall–Kier alpha value is -2.08. The van der Waals surface area contributed by atoms with Crippen molar-refractivity contribution in [2.24, 2.45) is 0 Å². The monoisotopic (exact) mass is 395 g/mol. The Morgan fingerprint density at radius 2 is 1.33 bits per heavy atom. The van der Waals surface area contributed by atoms with E-state index in [-0.39, 0.29) is 12.1 Å². The molecule has 27 heavy (non-hydrogen) atoms. The van der Waals surface area contributed by atoms with Crippen molar-refractivity contribution in [3.8, 4) is 0 Å². The zero-order valence-corrected chi connectivity index (χ0v) is 16.6. The lowest BCUT2D eigenvalue weighted by atomic mass is 10.0. The van der Waals surface area contributed by atoms with Crippen molar-refractivity contribution in [2.75, 3.05) is 0 Å². The third kappa shape index (κ3) is 3.43. The van der Waals surface area contributed by atoms with Crippen molar-refractivity contribution < 1.29 is 8.42 Å². The van der Waals surface area contributed by atoms with Gasteiger partial charge < -0.3 is 0 Å². The molecule has 3 aromatic carbocycles. The van der Waals surface area contributed by atoms with Crippen molar-refractivity contribution in [3.05, 3.63) is 102 Å². The maximum Gasteiger partial charge on any atom is 0.229 e. The van der Waals surface area contributed by atoms with Gasteiger partial charge in [-0.15, -0.1) is 11.8 Å². The molecule has 0 unspecified atom stereocenters. The van der Waals surface area contributed by atoms with Crippen molar-refractivity contribution in [2.45, 2.75) is 28.5 Å². The van der Waals surface area contributed by atoms with Gasteiger partial charge in [-0.05, 0) is 30.2 Å². The molecule has 3 aromatic rings. The molecule has 0 aliphatic carbocycles. The summed E-state index contributed by atoms with van der Waals surface area (Å²) in [6.07, 6.45) is 0. The average molecular weight is 396 g/mol. The van der Waals surface area contributed by atoms with Gasteiger partial charge >= 0.3 is 0 Å². The molecule has 0 N–H and O–H groups in total. The highest BCUT2D eigenvalue weighted by Gasteiger charge is 2.56. The van der Waals surface area contributed by atoms with Crippen LogP contribution < -0.4 is 0 Å². The summed E-state index contributed by atoms with van der Waals surface area (Å²) >= 11 is 1.43. The van der Waals surface area contributed by atoms with E-state index in [4.69, 9.17) is 0 Å². The molecule has 0 saturated carbocycles. The van der Waals surface area contributed by atoms with Crippen LogP contribution in [0.1, 0.15) is 30.1 Å². The lowest BCUT2D eigenvalue weighted by molar-refractivity contribution is 0.229. The maximum atomic E-state index is 13.3. The average Bonchev–Trinajstić information content (AvgIpc) is 2.72. The lowest BCUT2D eigenvalue weighted by Gasteiger charge is -2.49. The number of thioether (sulfide) groups is 1. The molecule has 1 fully saturated rings. The van der Waals surface area contributed by atoms with Crippen LogP contribution >= 0.6 is 11.8 Å². The Bertz CT molecular complexity index is 992. The maximum absolute atomic E-state index is 13.3. The van der Waals surface area contributed by atoms with Crippen LogP contribution in [0.25, 0.3) is 0 Å². The third-order valence-corrected chi connectivity index (χ3v) is 8.95.